The highest BCUT2D eigenvalue weighted by Gasteiger charge is 2.44. The van der Waals surface area contributed by atoms with Crippen LogP contribution in [0.4, 0.5) is 4.79 Å². The van der Waals surface area contributed by atoms with Gasteiger partial charge in [-0.15, -0.1) is 6.58 Å². The van der Waals surface area contributed by atoms with Crippen LogP contribution in [0.1, 0.15) is 10.4 Å². The maximum absolute atomic E-state index is 12.1. The maximum atomic E-state index is 12.1. The third kappa shape index (κ3) is 2.88. The molecule has 1 saturated heterocycles. The zero-order valence-electron chi connectivity index (χ0n) is 11.2. The summed E-state index contributed by atoms with van der Waals surface area (Å²) in [7, 11) is 0. The number of carbonyl (C=O) groups is 4. The monoisotopic (exact) mass is 340 g/mol. The number of benzene rings is 1. The Balaban J connectivity index is 2.19. The number of urea groups is 1. The highest BCUT2D eigenvalue weighted by molar-refractivity contribution is 6.45. The third-order valence-corrected chi connectivity index (χ3v) is 3.73. The maximum Gasteiger partial charge on any atom is 0.334 e. The number of halogens is 2. The summed E-state index contributed by atoms with van der Waals surface area (Å²) in [6.45, 7) is 2.76. The average molecular weight is 341 g/mol. The average Bonchev–Trinajstić information content (AvgIpc) is 2.68. The second-order valence-electron chi connectivity index (χ2n) is 4.43. The van der Waals surface area contributed by atoms with Crippen LogP contribution in [-0.4, -0.2) is 46.5 Å². The molecule has 0 radical (unpaired) electrons. The van der Waals surface area contributed by atoms with E-state index >= 15 is 0 Å². The molecular weight excluding hydrogens is 331 g/mol. The summed E-state index contributed by atoms with van der Waals surface area (Å²) in [5.74, 6) is -2.55. The molecule has 0 saturated carbocycles. The predicted molar refractivity (Wildman–Crippen MR) is 79.8 cm³/mol. The van der Waals surface area contributed by atoms with E-state index in [-0.39, 0.29) is 22.2 Å². The molecule has 0 atom stereocenters. The lowest BCUT2D eigenvalue weighted by atomic mass is 10.1. The number of Topliss-reactive ketones (excluding diaryl/α,β-unsaturated/α-hetero) is 1. The molecule has 114 valence electrons. The van der Waals surface area contributed by atoms with Crippen molar-refractivity contribution in [1.29, 1.82) is 0 Å². The van der Waals surface area contributed by atoms with Crippen LogP contribution in [0.3, 0.4) is 0 Å². The normalized spacial score (nSPS) is 14.7. The fourth-order valence-corrected chi connectivity index (χ4v) is 2.18. The van der Waals surface area contributed by atoms with Crippen LogP contribution in [0.15, 0.2) is 30.9 Å². The smallest absolute Gasteiger partial charge is 0.292 e. The first kappa shape index (κ1) is 16.2. The van der Waals surface area contributed by atoms with Crippen LogP contribution >= 0.6 is 23.2 Å². The van der Waals surface area contributed by atoms with E-state index < -0.39 is 30.2 Å². The van der Waals surface area contributed by atoms with E-state index in [1.807, 2.05) is 0 Å². The van der Waals surface area contributed by atoms with Gasteiger partial charge in [0.1, 0.15) is 0 Å². The Bertz CT molecular complexity index is 702. The van der Waals surface area contributed by atoms with E-state index in [0.29, 0.717) is 4.90 Å². The SMILES string of the molecule is C=CCN1C(=O)C(=O)N(CC(=O)c2ccc(Cl)c(Cl)c2)C1=O. The molecule has 0 aliphatic carbocycles. The van der Waals surface area contributed by atoms with Gasteiger partial charge in [-0.3, -0.25) is 19.3 Å². The number of imide groups is 2. The quantitative estimate of drug-likeness (QED) is 0.356. The van der Waals surface area contributed by atoms with Crippen LogP contribution in [-0.2, 0) is 9.59 Å². The van der Waals surface area contributed by atoms with Crippen LogP contribution in [0, 0.1) is 0 Å². The molecule has 1 aromatic rings. The summed E-state index contributed by atoms with van der Waals surface area (Å²) in [4.78, 5) is 48.8. The Labute approximate surface area is 135 Å². The molecule has 22 heavy (non-hydrogen) atoms. The molecule has 6 nitrogen and oxygen atoms in total. The van der Waals surface area contributed by atoms with Gasteiger partial charge in [0.15, 0.2) is 5.78 Å². The van der Waals surface area contributed by atoms with Crippen molar-refractivity contribution < 1.29 is 19.2 Å². The first-order chi connectivity index (χ1) is 10.4. The van der Waals surface area contributed by atoms with Crippen molar-refractivity contribution in [1.82, 2.24) is 9.80 Å². The van der Waals surface area contributed by atoms with Gasteiger partial charge in [0.25, 0.3) is 0 Å². The van der Waals surface area contributed by atoms with Crippen molar-refractivity contribution in [3.05, 3.63) is 46.5 Å². The number of rotatable bonds is 5. The Morgan fingerprint density at radius 1 is 1.09 bits per heavy atom. The van der Waals surface area contributed by atoms with Gasteiger partial charge in [-0.25, -0.2) is 9.69 Å². The minimum Gasteiger partial charge on any atom is -0.292 e. The largest absolute Gasteiger partial charge is 0.334 e. The van der Waals surface area contributed by atoms with Gasteiger partial charge < -0.3 is 0 Å². The molecule has 0 spiro atoms. The van der Waals surface area contributed by atoms with E-state index in [1.165, 1.54) is 24.3 Å². The van der Waals surface area contributed by atoms with E-state index in [4.69, 9.17) is 23.2 Å². The number of hydrogen-bond donors (Lipinski definition) is 0. The van der Waals surface area contributed by atoms with Gasteiger partial charge >= 0.3 is 17.8 Å². The molecule has 2 rings (SSSR count). The summed E-state index contributed by atoms with van der Waals surface area (Å²) in [5, 5.41) is 0.454. The molecule has 0 unspecified atom stereocenters. The van der Waals surface area contributed by atoms with Crippen molar-refractivity contribution in [2.75, 3.05) is 13.1 Å². The molecule has 1 heterocycles. The van der Waals surface area contributed by atoms with E-state index in [9.17, 15) is 19.2 Å². The van der Waals surface area contributed by atoms with Gasteiger partial charge in [-0.05, 0) is 18.2 Å². The van der Waals surface area contributed by atoms with Crippen molar-refractivity contribution in [2.45, 2.75) is 0 Å². The van der Waals surface area contributed by atoms with Crippen LogP contribution in [0.2, 0.25) is 10.0 Å². The minimum absolute atomic E-state index is 0.0964. The number of amides is 4. The highest BCUT2D eigenvalue weighted by atomic mass is 35.5. The Hall–Kier alpha value is -2.18. The molecule has 0 aromatic heterocycles. The van der Waals surface area contributed by atoms with Gasteiger partial charge in [-0.1, -0.05) is 29.3 Å². The van der Waals surface area contributed by atoms with E-state index in [0.717, 1.165) is 4.90 Å². The van der Waals surface area contributed by atoms with Crippen LogP contribution in [0.5, 0.6) is 0 Å². The number of ketones is 1. The first-order valence-electron chi connectivity index (χ1n) is 6.13. The molecule has 0 N–H and O–H groups in total. The zero-order chi connectivity index (χ0) is 16.4. The summed E-state index contributed by atoms with van der Waals surface area (Å²) in [6, 6.07) is 3.34. The zero-order valence-corrected chi connectivity index (χ0v) is 12.7. The van der Waals surface area contributed by atoms with Crippen molar-refractivity contribution >= 4 is 46.8 Å². The minimum atomic E-state index is -1.04. The summed E-state index contributed by atoms with van der Waals surface area (Å²) < 4.78 is 0. The lowest BCUT2D eigenvalue weighted by Crippen LogP contribution is -2.37. The Kier molecular flexibility index (Phi) is 4.63. The van der Waals surface area contributed by atoms with Crippen LogP contribution in [0.25, 0.3) is 0 Å². The number of nitrogens with zero attached hydrogens (tertiary/aromatic N) is 2. The second kappa shape index (κ2) is 6.29. The highest BCUT2D eigenvalue weighted by Crippen LogP contribution is 2.23. The predicted octanol–water partition coefficient (Wildman–Crippen LogP) is 2.15. The number of carbonyl (C=O) groups excluding carboxylic acids is 4. The van der Waals surface area contributed by atoms with Gasteiger partial charge in [-0.2, -0.15) is 0 Å². The van der Waals surface area contributed by atoms with Crippen molar-refractivity contribution in [3.63, 3.8) is 0 Å². The summed E-state index contributed by atoms with van der Waals surface area (Å²) in [5.41, 5.74) is 0.185. The van der Waals surface area contributed by atoms with E-state index in [2.05, 4.69) is 6.58 Å². The molecule has 1 aliphatic heterocycles. The van der Waals surface area contributed by atoms with Gasteiger partial charge in [0.05, 0.1) is 16.6 Å². The molecular formula is C14H10Cl2N2O4. The summed E-state index contributed by atoms with van der Waals surface area (Å²) in [6.07, 6.45) is 1.31. The van der Waals surface area contributed by atoms with E-state index in [1.54, 1.807) is 0 Å². The Morgan fingerprint density at radius 2 is 1.73 bits per heavy atom. The van der Waals surface area contributed by atoms with Gasteiger partial charge in [0.2, 0.25) is 0 Å². The molecule has 8 heteroatoms. The third-order valence-electron chi connectivity index (χ3n) is 2.99. The molecule has 4 amide bonds. The summed E-state index contributed by atoms with van der Waals surface area (Å²) >= 11 is 11.6. The van der Waals surface area contributed by atoms with Crippen molar-refractivity contribution in [3.8, 4) is 0 Å². The topological polar surface area (TPSA) is 74.8 Å². The first-order valence-corrected chi connectivity index (χ1v) is 6.89. The lowest BCUT2D eigenvalue weighted by Gasteiger charge is -2.13. The van der Waals surface area contributed by atoms with Gasteiger partial charge in [0, 0.05) is 12.1 Å². The molecule has 1 fully saturated rings. The second-order valence-corrected chi connectivity index (χ2v) is 5.24. The number of hydrogen-bond acceptors (Lipinski definition) is 4. The van der Waals surface area contributed by atoms with Crippen LogP contribution < -0.4 is 0 Å². The molecule has 1 aliphatic rings. The fourth-order valence-electron chi connectivity index (χ4n) is 1.88. The molecule has 1 aromatic carbocycles. The Morgan fingerprint density at radius 3 is 2.32 bits per heavy atom. The van der Waals surface area contributed by atoms with Crippen molar-refractivity contribution in [2.24, 2.45) is 0 Å². The molecule has 0 bridgehead atoms. The standard InChI is InChI=1S/C14H10Cl2N2O4/c1-2-5-17-12(20)13(21)18(14(17)22)7-11(19)8-3-4-9(15)10(16)6-8/h2-4,6H,1,5,7H2. The fraction of sp³-hybridized carbons (Fsp3) is 0.143. The lowest BCUT2D eigenvalue weighted by molar-refractivity contribution is -0.142.